The quantitative estimate of drug-likeness (QED) is 0.649. The van der Waals surface area contributed by atoms with E-state index in [9.17, 15) is 4.79 Å². The van der Waals surface area contributed by atoms with Crippen LogP contribution in [0.1, 0.15) is 5.56 Å². The van der Waals surface area contributed by atoms with Crippen LogP contribution in [0.3, 0.4) is 0 Å². The molecule has 5 nitrogen and oxygen atoms in total. The molecule has 0 amide bonds. The van der Waals surface area contributed by atoms with Gasteiger partial charge in [0.15, 0.2) is 6.61 Å². The Kier molecular flexibility index (Phi) is 3.30. The summed E-state index contributed by atoms with van der Waals surface area (Å²) in [6, 6.07) is 4.11. The Bertz CT molecular complexity index is 334. The van der Waals surface area contributed by atoms with Crippen molar-refractivity contribution in [1.82, 2.24) is 0 Å². The predicted molar refractivity (Wildman–Crippen MR) is 47.2 cm³/mol. The molecule has 5 heteroatoms. The second-order valence-electron chi connectivity index (χ2n) is 2.68. The molecule has 0 aliphatic heterocycles. The molecule has 0 aromatic heterocycles. The first-order chi connectivity index (χ1) is 6.61. The molecule has 0 saturated carbocycles. The van der Waals surface area contributed by atoms with Crippen LogP contribution in [0, 0.1) is 0 Å². The molecular weight excluding hydrogens is 188 g/mol. The molecule has 1 rings (SSSR count). The van der Waals surface area contributed by atoms with Gasteiger partial charge < -0.3 is 20.1 Å². The number of ether oxygens (including phenoxy) is 1. The largest absolute Gasteiger partial charge is 0.508 e. The van der Waals surface area contributed by atoms with Gasteiger partial charge >= 0.3 is 5.97 Å². The molecule has 0 saturated heterocycles. The zero-order valence-electron chi connectivity index (χ0n) is 7.30. The highest BCUT2D eigenvalue weighted by molar-refractivity contribution is 5.68. The highest BCUT2D eigenvalue weighted by Crippen LogP contribution is 2.21. The molecule has 0 atom stereocenters. The van der Waals surface area contributed by atoms with Crippen molar-refractivity contribution >= 4 is 5.97 Å². The van der Waals surface area contributed by atoms with Crippen LogP contribution >= 0.6 is 0 Å². The first-order valence-electron chi connectivity index (χ1n) is 3.90. The second-order valence-corrected chi connectivity index (χ2v) is 2.68. The minimum Gasteiger partial charge on any atom is -0.508 e. The van der Waals surface area contributed by atoms with Crippen LogP contribution in [-0.4, -0.2) is 27.9 Å². The molecule has 0 aliphatic carbocycles. The number of aromatic hydroxyl groups is 1. The van der Waals surface area contributed by atoms with Gasteiger partial charge in [-0.3, -0.25) is 0 Å². The summed E-state index contributed by atoms with van der Waals surface area (Å²) in [5.41, 5.74) is 0.463. The number of benzene rings is 1. The third-order valence-electron chi connectivity index (χ3n) is 1.50. The molecule has 14 heavy (non-hydrogen) atoms. The summed E-state index contributed by atoms with van der Waals surface area (Å²) in [6.07, 6.45) is 0. The number of carbonyl (C=O) groups is 1. The molecule has 0 aliphatic rings. The minimum atomic E-state index is -1.10. The Labute approximate surface area is 80.2 Å². The molecule has 0 unspecified atom stereocenters. The summed E-state index contributed by atoms with van der Waals surface area (Å²) in [6.45, 7) is -0.716. The summed E-state index contributed by atoms with van der Waals surface area (Å²) >= 11 is 0. The van der Waals surface area contributed by atoms with Crippen LogP contribution in [0.4, 0.5) is 0 Å². The van der Waals surface area contributed by atoms with Gasteiger partial charge in [-0.2, -0.15) is 0 Å². The monoisotopic (exact) mass is 198 g/mol. The van der Waals surface area contributed by atoms with E-state index in [2.05, 4.69) is 0 Å². The van der Waals surface area contributed by atoms with Gasteiger partial charge in [0, 0.05) is 6.07 Å². The number of aliphatic hydroxyl groups is 1. The smallest absolute Gasteiger partial charge is 0.341 e. The molecule has 0 fully saturated rings. The van der Waals surface area contributed by atoms with E-state index in [4.69, 9.17) is 20.1 Å². The number of aliphatic hydroxyl groups excluding tert-OH is 1. The van der Waals surface area contributed by atoms with Crippen LogP contribution in [0.25, 0.3) is 0 Å². The van der Waals surface area contributed by atoms with E-state index in [1.54, 1.807) is 0 Å². The molecule has 0 bridgehead atoms. The summed E-state index contributed by atoms with van der Waals surface area (Å²) in [4.78, 5) is 10.2. The van der Waals surface area contributed by atoms with Crippen molar-refractivity contribution in [2.24, 2.45) is 0 Å². The molecule has 0 radical (unpaired) electrons. The maximum absolute atomic E-state index is 10.2. The Morgan fingerprint density at radius 3 is 2.64 bits per heavy atom. The lowest BCUT2D eigenvalue weighted by Crippen LogP contribution is -2.09. The maximum atomic E-state index is 10.2. The molecule has 3 N–H and O–H groups in total. The fraction of sp³-hybridized carbons (Fsp3) is 0.222. The maximum Gasteiger partial charge on any atom is 0.341 e. The Hall–Kier alpha value is -1.75. The number of phenolic OH excluding ortho intramolecular Hbond substituents is 1. The minimum absolute atomic E-state index is 0.0723. The van der Waals surface area contributed by atoms with Crippen LogP contribution in [0.5, 0.6) is 11.5 Å². The Morgan fingerprint density at radius 1 is 1.36 bits per heavy atom. The van der Waals surface area contributed by atoms with Crippen molar-refractivity contribution in [3.8, 4) is 11.5 Å². The van der Waals surface area contributed by atoms with Crippen molar-refractivity contribution in [2.75, 3.05) is 6.61 Å². The van der Waals surface area contributed by atoms with Crippen molar-refractivity contribution in [1.29, 1.82) is 0 Å². The first kappa shape index (κ1) is 10.3. The highest BCUT2D eigenvalue weighted by Gasteiger charge is 2.02. The predicted octanol–water partition coefficient (Wildman–Crippen LogP) is 0.348. The molecule has 76 valence electrons. The van der Waals surface area contributed by atoms with E-state index in [0.29, 0.717) is 5.56 Å². The van der Waals surface area contributed by atoms with Gasteiger partial charge in [-0.25, -0.2) is 4.79 Å². The number of rotatable bonds is 4. The number of aliphatic carboxylic acids is 1. The first-order valence-corrected chi connectivity index (χ1v) is 3.90. The van der Waals surface area contributed by atoms with Crippen molar-refractivity contribution in [3.05, 3.63) is 23.8 Å². The van der Waals surface area contributed by atoms with Crippen LogP contribution in [-0.2, 0) is 11.4 Å². The van der Waals surface area contributed by atoms with E-state index >= 15 is 0 Å². The SMILES string of the molecule is O=C(O)COc1cc(O)cc(CO)c1. The topological polar surface area (TPSA) is 87.0 Å². The molecule has 1 aromatic rings. The van der Waals surface area contributed by atoms with Gasteiger partial charge in [-0.15, -0.1) is 0 Å². The van der Waals surface area contributed by atoms with Crippen molar-refractivity contribution in [2.45, 2.75) is 6.61 Å². The normalized spacial score (nSPS) is 9.79. The Balaban J connectivity index is 2.76. The van der Waals surface area contributed by atoms with Crippen LogP contribution in [0.15, 0.2) is 18.2 Å². The summed E-state index contributed by atoms with van der Waals surface area (Å²) in [5.74, 6) is -0.952. The molecule has 0 heterocycles. The van der Waals surface area contributed by atoms with Gasteiger partial charge in [0.2, 0.25) is 0 Å². The van der Waals surface area contributed by atoms with Gasteiger partial charge in [0.25, 0.3) is 0 Å². The fourth-order valence-corrected chi connectivity index (χ4v) is 0.963. The molecule has 1 aromatic carbocycles. The van der Waals surface area contributed by atoms with Gasteiger partial charge in [-0.05, 0) is 17.7 Å². The average molecular weight is 198 g/mol. The molecule has 0 spiro atoms. The van der Waals surface area contributed by atoms with Crippen LogP contribution < -0.4 is 4.74 Å². The lowest BCUT2D eigenvalue weighted by molar-refractivity contribution is -0.139. The van der Waals surface area contributed by atoms with E-state index in [1.807, 2.05) is 0 Å². The summed E-state index contributed by atoms with van der Waals surface area (Å²) < 4.78 is 4.82. The summed E-state index contributed by atoms with van der Waals surface area (Å²) in [5, 5.41) is 26.3. The number of carboxylic acids is 1. The van der Waals surface area contributed by atoms with E-state index in [-0.39, 0.29) is 18.1 Å². The van der Waals surface area contributed by atoms with E-state index in [0.717, 1.165) is 0 Å². The standard InChI is InChI=1S/C9H10O5/c10-4-6-1-7(11)3-8(2-6)14-5-9(12)13/h1-3,10-11H,4-5H2,(H,12,13). The second kappa shape index (κ2) is 4.48. The van der Waals surface area contributed by atoms with E-state index < -0.39 is 12.6 Å². The third-order valence-corrected chi connectivity index (χ3v) is 1.50. The number of hydrogen-bond donors (Lipinski definition) is 3. The third kappa shape index (κ3) is 2.95. The van der Waals surface area contributed by atoms with Crippen molar-refractivity contribution in [3.63, 3.8) is 0 Å². The molecular formula is C9H10O5. The van der Waals surface area contributed by atoms with Gasteiger partial charge in [-0.1, -0.05) is 0 Å². The van der Waals surface area contributed by atoms with Gasteiger partial charge in [0.05, 0.1) is 6.61 Å². The number of carboxylic acid groups (broad SMARTS) is 1. The lowest BCUT2D eigenvalue weighted by Gasteiger charge is -2.05. The highest BCUT2D eigenvalue weighted by atomic mass is 16.5. The zero-order chi connectivity index (χ0) is 10.6. The fourth-order valence-electron chi connectivity index (χ4n) is 0.963. The zero-order valence-corrected chi connectivity index (χ0v) is 7.30. The van der Waals surface area contributed by atoms with Crippen LogP contribution in [0.2, 0.25) is 0 Å². The van der Waals surface area contributed by atoms with E-state index in [1.165, 1.54) is 18.2 Å². The Morgan fingerprint density at radius 2 is 2.07 bits per heavy atom. The summed E-state index contributed by atoms with van der Waals surface area (Å²) in [7, 11) is 0. The average Bonchev–Trinajstić information content (AvgIpc) is 2.14. The number of phenols is 1. The lowest BCUT2D eigenvalue weighted by atomic mass is 10.2. The number of hydrogen-bond acceptors (Lipinski definition) is 4. The van der Waals surface area contributed by atoms with Crippen molar-refractivity contribution < 1.29 is 24.9 Å². The van der Waals surface area contributed by atoms with Gasteiger partial charge in [0.1, 0.15) is 11.5 Å².